The Morgan fingerprint density at radius 2 is 1.54 bits per heavy atom. The van der Waals surface area contributed by atoms with E-state index in [1.54, 1.807) is 0 Å². The van der Waals surface area contributed by atoms with E-state index in [0.29, 0.717) is 17.8 Å². The van der Waals surface area contributed by atoms with Gasteiger partial charge in [-0.05, 0) is 19.3 Å². The highest BCUT2D eigenvalue weighted by Crippen LogP contribution is 2.17. The summed E-state index contributed by atoms with van der Waals surface area (Å²) in [6.07, 6.45) is 3.24. The van der Waals surface area contributed by atoms with Crippen molar-refractivity contribution >= 4 is 23.2 Å². The topological polar surface area (TPSA) is 12.0 Å². The summed E-state index contributed by atoms with van der Waals surface area (Å²) in [7, 11) is 0. The normalized spacial score (nSPS) is 12.5. The summed E-state index contributed by atoms with van der Waals surface area (Å²) in [5.74, 6) is 1.17. The summed E-state index contributed by atoms with van der Waals surface area (Å²) < 4.78 is 0. The number of rotatable bonds is 7. The molecule has 80 valence electrons. The van der Waals surface area contributed by atoms with Crippen molar-refractivity contribution < 1.29 is 0 Å². The van der Waals surface area contributed by atoms with Gasteiger partial charge in [0.25, 0.3) is 0 Å². The minimum absolute atomic E-state index is 0.0696. The molecule has 0 aliphatic rings. The number of halogens is 2. The van der Waals surface area contributed by atoms with Crippen molar-refractivity contribution in [2.75, 3.05) is 11.8 Å². The van der Waals surface area contributed by atoms with Gasteiger partial charge < -0.3 is 5.32 Å². The molecule has 0 amide bonds. The van der Waals surface area contributed by atoms with Gasteiger partial charge in [0.15, 0.2) is 0 Å². The summed E-state index contributed by atoms with van der Waals surface area (Å²) in [6.45, 7) is 6.49. The summed E-state index contributed by atoms with van der Waals surface area (Å²) >= 11 is 11.9. The molecule has 0 aromatic heterocycles. The Balaban J connectivity index is 4.21. The number of nitrogens with one attached hydrogen (secondary N) is 1. The third-order valence-electron chi connectivity index (χ3n) is 2.68. The van der Waals surface area contributed by atoms with Crippen molar-refractivity contribution in [3.63, 3.8) is 0 Å². The van der Waals surface area contributed by atoms with Crippen LogP contribution in [0.1, 0.15) is 40.0 Å². The average Bonchev–Trinajstić information content (AvgIpc) is 2.21. The number of alkyl halides is 2. The lowest BCUT2D eigenvalue weighted by atomic mass is 9.98. The molecule has 0 rings (SSSR count). The summed E-state index contributed by atoms with van der Waals surface area (Å²) in [6, 6.07) is 0.539. The summed E-state index contributed by atoms with van der Waals surface area (Å²) in [5, 5.41) is 3.55. The molecule has 13 heavy (non-hydrogen) atoms. The lowest BCUT2D eigenvalue weighted by Gasteiger charge is -2.34. The van der Waals surface area contributed by atoms with Crippen LogP contribution >= 0.6 is 23.2 Å². The highest BCUT2D eigenvalue weighted by molar-refractivity contribution is 6.22. The van der Waals surface area contributed by atoms with Crippen LogP contribution in [0.3, 0.4) is 0 Å². The van der Waals surface area contributed by atoms with E-state index in [-0.39, 0.29) is 5.54 Å². The summed E-state index contributed by atoms with van der Waals surface area (Å²) in [4.78, 5) is 0. The predicted octanol–water partition coefficient (Wildman–Crippen LogP) is 3.39. The SMILES string of the molecule is CCC(CC)NC(CC)(CCl)CCl. The van der Waals surface area contributed by atoms with Gasteiger partial charge in [-0.3, -0.25) is 0 Å². The molecular weight excluding hydrogens is 205 g/mol. The zero-order valence-electron chi connectivity index (χ0n) is 8.87. The smallest absolute Gasteiger partial charge is 0.0453 e. The molecule has 0 aromatic carbocycles. The maximum absolute atomic E-state index is 5.94. The van der Waals surface area contributed by atoms with Gasteiger partial charge in [-0.2, -0.15) is 0 Å². The van der Waals surface area contributed by atoms with Crippen LogP contribution in [-0.2, 0) is 0 Å². The van der Waals surface area contributed by atoms with Gasteiger partial charge in [-0.25, -0.2) is 0 Å². The molecule has 0 aliphatic carbocycles. The lowest BCUT2D eigenvalue weighted by molar-refractivity contribution is 0.320. The first-order chi connectivity index (χ1) is 6.17. The first-order valence-electron chi connectivity index (χ1n) is 5.07. The quantitative estimate of drug-likeness (QED) is 0.656. The second-order valence-electron chi connectivity index (χ2n) is 3.56. The van der Waals surface area contributed by atoms with Gasteiger partial charge in [0.05, 0.1) is 0 Å². The van der Waals surface area contributed by atoms with E-state index in [1.807, 2.05) is 0 Å². The minimum Gasteiger partial charge on any atom is -0.306 e. The third-order valence-corrected chi connectivity index (χ3v) is 3.71. The molecule has 0 heterocycles. The van der Waals surface area contributed by atoms with E-state index in [2.05, 4.69) is 26.1 Å². The third kappa shape index (κ3) is 4.05. The Morgan fingerprint density at radius 3 is 1.77 bits per heavy atom. The number of hydrogen-bond acceptors (Lipinski definition) is 1. The van der Waals surface area contributed by atoms with Crippen LogP contribution in [0.4, 0.5) is 0 Å². The van der Waals surface area contributed by atoms with Crippen molar-refractivity contribution in [1.82, 2.24) is 5.32 Å². The maximum atomic E-state index is 5.94. The molecule has 0 radical (unpaired) electrons. The van der Waals surface area contributed by atoms with Crippen LogP contribution in [0.25, 0.3) is 0 Å². The van der Waals surface area contributed by atoms with E-state index in [4.69, 9.17) is 23.2 Å². The Morgan fingerprint density at radius 1 is 1.08 bits per heavy atom. The monoisotopic (exact) mass is 225 g/mol. The fourth-order valence-corrected chi connectivity index (χ4v) is 2.15. The van der Waals surface area contributed by atoms with Crippen LogP contribution in [-0.4, -0.2) is 23.3 Å². The van der Waals surface area contributed by atoms with Gasteiger partial charge in [0, 0.05) is 23.3 Å². The van der Waals surface area contributed by atoms with E-state index >= 15 is 0 Å². The molecule has 1 N–H and O–H groups in total. The van der Waals surface area contributed by atoms with Crippen molar-refractivity contribution in [3.8, 4) is 0 Å². The van der Waals surface area contributed by atoms with Crippen LogP contribution in [0.5, 0.6) is 0 Å². The second-order valence-corrected chi connectivity index (χ2v) is 4.09. The first-order valence-corrected chi connectivity index (χ1v) is 6.14. The van der Waals surface area contributed by atoms with Crippen LogP contribution in [0, 0.1) is 0 Å². The molecule has 0 fully saturated rings. The largest absolute Gasteiger partial charge is 0.306 e. The van der Waals surface area contributed by atoms with E-state index in [1.165, 1.54) is 0 Å². The van der Waals surface area contributed by atoms with Crippen molar-refractivity contribution in [2.24, 2.45) is 0 Å². The zero-order valence-corrected chi connectivity index (χ0v) is 10.4. The highest BCUT2D eigenvalue weighted by atomic mass is 35.5. The van der Waals surface area contributed by atoms with Crippen LogP contribution < -0.4 is 5.32 Å². The van der Waals surface area contributed by atoms with E-state index in [0.717, 1.165) is 19.3 Å². The van der Waals surface area contributed by atoms with Gasteiger partial charge in [-0.1, -0.05) is 20.8 Å². The van der Waals surface area contributed by atoms with Crippen LogP contribution in [0.15, 0.2) is 0 Å². The zero-order chi connectivity index (χ0) is 10.3. The second kappa shape index (κ2) is 6.92. The molecular formula is C10H21Cl2N. The molecule has 0 saturated carbocycles. The maximum Gasteiger partial charge on any atom is 0.0453 e. The van der Waals surface area contributed by atoms with Crippen molar-refractivity contribution in [2.45, 2.75) is 51.6 Å². The molecule has 0 spiro atoms. The Hall–Kier alpha value is 0.540. The molecule has 0 bridgehead atoms. The predicted molar refractivity (Wildman–Crippen MR) is 62.0 cm³/mol. The highest BCUT2D eigenvalue weighted by Gasteiger charge is 2.27. The van der Waals surface area contributed by atoms with Gasteiger partial charge in [0.1, 0.15) is 0 Å². The van der Waals surface area contributed by atoms with E-state index < -0.39 is 0 Å². The lowest BCUT2D eigenvalue weighted by Crippen LogP contribution is -2.52. The standard InChI is InChI=1S/C10H21Cl2N/c1-4-9(5-2)13-10(6-3,7-11)8-12/h9,13H,4-8H2,1-3H3. The summed E-state index contributed by atoms with van der Waals surface area (Å²) in [5.41, 5.74) is -0.0696. The fourth-order valence-electron chi connectivity index (χ4n) is 1.33. The molecule has 3 heteroatoms. The van der Waals surface area contributed by atoms with Crippen molar-refractivity contribution in [1.29, 1.82) is 0 Å². The van der Waals surface area contributed by atoms with Gasteiger partial charge in [-0.15, -0.1) is 23.2 Å². The Labute approximate surface area is 92.2 Å². The van der Waals surface area contributed by atoms with E-state index in [9.17, 15) is 0 Å². The Kier molecular flexibility index (Phi) is 7.20. The average molecular weight is 226 g/mol. The van der Waals surface area contributed by atoms with Gasteiger partial charge >= 0.3 is 0 Å². The molecule has 0 aliphatic heterocycles. The number of hydrogen-bond donors (Lipinski definition) is 1. The molecule has 0 unspecified atom stereocenters. The molecule has 0 saturated heterocycles. The fraction of sp³-hybridized carbons (Fsp3) is 1.00. The molecule has 0 atom stereocenters. The van der Waals surface area contributed by atoms with Crippen molar-refractivity contribution in [3.05, 3.63) is 0 Å². The Bertz CT molecular complexity index is 112. The van der Waals surface area contributed by atoms with Gasteiger partial charge in [0.2, 0.25) is 0 Å². The minimum atomic E-state index is -0.0696. The first kappa shape index (κ1) is 13.5. The molecule has 1 nitrogen and oxygen atoms in total. The molecule has 0 aromatic rings. The van der Waals surface area contributed by atoms with Crippen LogP contribution in [0.2, 0.25) is 0 Å².